The maximum atomic E-state index is 13.2. The van der Waals surface area contributed by atoms with E-state index in [0.29, 0.717) is 10.4 Å². The Morgan fingerprint density at radius 1 is 1.24 bits per heavy atom. The lowest BCUT2D eigenvalue weighted by Gasteiger charge is -2.14. The Bertz CT molecular complexity index is 1100. The number of likely N-dealkylation sites (tertiary alicyclic amines) is 1. The molecule has 0 atom stereocenters. The van der Waals surface area contributed by atoms with Crippen molar-refractivity contribution in [1.29, 1.82) is 0 Å². The van der Waals surface area contributed by atoms with Gasteiger partial charge in [0.15, 0.2) is 5.76 Å². The van der Waals surface area contributed by atoms with Crippen molar-refractivity contribution in [3.05, 3.63) is 58.9 Å². The Balaban J connectivity index is 0.000000192. The molecule has 0 unspecified atom stereocenters. The number of amides is 1. The van der Waals surface area contributed by atoms with Gasteiger partial charge in [-0.1, -0.05) is 11.6 Å². The van der Waals surface area contributed by atoms with Gasteiger partial charge in [-0.05, 0) is 95.1 Å². The Hall–Kier alpha value is -2.71. The quantitative estimate of drug-likeness (QED) is 0.444. The number of hydrogen-bond donors (Lipinski definition) is 1. The van der Waals surface area contributed by atoms with Gasteiger partial charge in [-0.2, -0.15) is 8.78 Å². The number of alkyl halides is 2. The summed E-state index contributed by atoms with van der Waals surface area (Å²) in [7, 11) is 0. The average Bonchev–Trinajstić information content (AvgIpc) is 3.44. The average molecular weight is 494 g/mol. The van der Waals surface area contributed by atoms with Crippen molar-refractivity contribution in [2.24, 2.45) is 5.73 Å². The number of pyridine rings is 1. The van der Waals surface area contributed by atoms with Crippen molar-refractivity contribution < 1.29 is 22.7 Å². The molecule has 3 heterocycles. The number of halogens is 3. The molecule has 1 aliphatic rings. The summed E-state index contributed by atoms with van der Waals surface area (Å²) >= 11 is 5.68. The van der Waals surface area contributed by atoms with Crippen LogP contribution in [0.2, 0.25) is 5.02 Å². The molecule has 0 radical (unpaired) electrons. The second-order valence-electron chi connectivity index (χ2n) is 8.55. The fourth-order valence-corrected chi connectivity index (χ4v) is 3.90. The zero-order valence-electron chi connectivity index (χ0n) is 19.4. The SMILES string of the molecule is CC(C)Oc1cc(CCCN2CCCC2)ccn1.NC(=O)C(F)(F)c1cc2cc(Cl)ccc2o1. The molecule has 1 amide bonds. The maximum absolute atomic E-state index is 13.2. The largest absolute Gasteiger partial charge is 0.475 e. The van der Waals surface area contributed by atoms with Crippen LogP contribution < -0.4 is 10.5 Å². The van der Waals surface area contributed by atoms with Crippen LogP contribution >= 0.6 is 11.6 Å². The number of nitrogens with two attached hydrogens (primary N) is 1. The highest BCUT2D eigenvalue weighted by molar-refractivity contribution is 6.31. The van der Waals surface area contributed by atoms with Crippen molar-refractivity contribution in [3.8, 4) is 5.88 Å². The van der Waals surface area contributed by atoms with Gasteiger partial charge in [-0.3, -0.25) is 4.79 Å². The number of hydrogen-bond acceptors (Lipinski definition) is 5. The lowest BCUT2D eigenvalue weighted by molar-refractivity contribution is -0.145. The minimum atomic E-state index is -3.81. The summed E-state index contributed by atoms with van der Waals surface area (Å²) in [5, 5.41) is 0.783. The lowest BCUT2D eigenvalue weighted by atomic mass is 10.1. The number of primary amides is 1. The Labute approximate surface area is 203 Å². The second-order valence-corrected chi connectivity index (χ2v) is 8.99. The molecule has 1 saturated heterocycles. The molecule has 1 aliphatic heterocycles. The van der Waals surface area contributed by atoms with Crippen molar-refractivity contribution in [1.82, 2.24) is 9.88 Å². The standard InChI is InChI=1S/C15H24N2O.C10H6ClF2NO2/c1-13(2)18-15-12-14(7-8-16-15)6-5-11-17-9-3-4-10-17;11-6-1-2-7-5(3-6)4-8(16-7)10(12,13)9(14)15/h7-8,12-13H,3-6,9-11H2,1-2H3;1-4H,(H2,14,15). The van der Waals surface area contributed by atoms with Crippen LogP contribution in [-0.2, 0) is 17.1 Å². The van der Waals surface area contributed by atoms with Gasteiger partial charge in [-0.25, -0.2) is 4.98 Å². The molecule has 3 aromatic rings. The summed E-state index contributed by atoms with van der Waals surface area (Å²) in [6.45, 7) is 7.86. The van der Waals surface area contributed by atoms with E-state index in [0.717, 1.165) is 18.4 Å². The highest BCUT2D eigenvalue weighted by Gasteiger charge is 2.42. The molecule has 4 rings (SSSR count). The van der Waals surface area contributed by atoms with Crippen LogP contribution in [0.25, 0.3) is 11.0 Å². The number of nitrogens with zero attached hydrogens (tertiary/aromatic N) is 2. The lowest BCUT2D eigenvalue weighted by Crippen LogP contribution is -2.32. The molecule has 9 heteroatoms. The number of benzene rings is 1. The van der Waals surface area contributed by atoms with E-state index in [-0.39, 0.29) is 11.7 Å². The first-order valence-electron chi connectivity index (χ1n) is 11.4. The molecular weight excluding hydrogens is 464 g/mol. The zero-order valence-corrected chi connectivity index (χ0v) is 20.2. The van der Waals surface area contributed by atoms with Crippen LogP contribution in [0.1, 0.15) is 44.4 Å². The third-order valence-corrected chi connectivity index (χ3v) is 5.63. The molecule has 0 spiro atoms. The van der Waals surface area contributed by atoms with Crippen molar-refractivity contribution in [3.63, 3.8) is 0 Å². The van der Waals surface area contributed by atoms with Gasteiger partial charge < -0.3 is 19.8 Å². The van der Waals surface area contributed by atoms with Gasteiger partial charge in [0.25, 0.3) is 5.91 Å². The molecule has 184 valence electrons. The van der Waals surface area contributed by atoms with E-state index >= 15 is 0 Å². The molecule has 0 aliphatic carbocycles. The van der Waals surface area contributed by atoms with E-state index in [1.54, 1.807) is 0 Å². The third kappa shape index (κ3) is 7.14. The predicted octanol–water partition coefficient (Wildman–Crippen LogP) is 5.56. The first kappa shape index (κ1) is 25.9. The summed E-state index contributed by atoms with van der Waals surface area (Å²) in [5.41, 5.74) is 6.13. The van der Waals surface area contributed by atoms with Crippen molar-refractivity contribution in [2.45, 2.75) is 51.6 Å². The minimum Gasteiger partial charge on any atom is -0.475 e. The van der Waals surface area contributed by atoms with Crippen molar-refractivity contribution >= 4 is 28.5 Å². The summed E-state index contributed by atoms with van der Waals surface area (Å²) in [4.78, 5) is 17.3. The van der Waals surface area contributed by atoms with E-state index in [1.165, 1.54) is 62.7 Å². The number of ether oxygens (including phenoxy) is 1. The number of carbonyl (C=O) groups is 1. The predicted molar refractivity (Wildman–Crippen MR) is 128 cm³/mol. The maximum Gasteiger partial charge on any atom is 0.380 e. The molecule has 1 aromatic carbocycles. The van der Waals surface area contributed by atoms with E-state index in [2.05, 4.69) is 27.8 Å². The van der Waals surface area contributed by atoms with Crippen LogP contribution in [0.15, 0.2) is 47.0 Å². The number of aromatic nitrogens is 1. The van der Waals surface area contributed by atoms with Gasteiger partial charge in [0.1, 0.15) is 5.58 Å². The number of furan rings is 1. The number of fused-ring (bicyclic) bond motifs is 1. The molecule has 0 saturated carbocycles. The first-order chi connectivity index (χ1) is 16.1. The number of aryl methyl sites for hydroxylation is 1. The fraction of sp³-hybridized carbons (Fsp3) is 0.440. The van der Waals surface area contributed by atoms with E-state index in [1.807, 2.05) is 20.0 Å². The van der Waals surface area contributed by atoms with Gasteiger partial charge in [0.2, 0.25) is 5.88 Å². The second kappa shape index (κ2) is 11.6. The van der Waals surface area contributed by atoms with Gasteiger partial charge in [-0.15, -0.1) is 0 Å². The zero-order chi connectivity index (χ0) is 24.7. The molecule has 0 bridgehead atoms. The highest BCUT2D eigenvalue weighted by Crippen LogP contribution is 2.33. The van der Waals surface area contributed by atoms with Crippen LogP contribution in [0.3, 0.4) is 0 Å². The normalized spacial score (nSPS) is 14.3. The Kier molecular flexibility index (Phi) is 8.85. The van der Waals surface area contributed by atoms with Crippen LogP contribution in [0.5, 0.6) is 5.88 Å². The molecule has 34 heavy (non-hydrogen) atoms. The van der Waals surface area contributed by atoms with E-state index < -0.39 is 17.6 Å². The molecule has 2 aromatic heterocycles. The third-order valence-electron chi connectivity index (χ3n) is 5.39. The number of carbonyl (C=O) groups excluding carboxylic acids is 1. The smallest absolute Gasteiger partial charge is 0.380 e. The summed E-state index contributed by atoms with van der Waals surface area (Å²) in [6.07, 6.45) is 7.14. The first-order valence-corrected chi connectivity index (χ1v) is 11.7. The van der Waals surface area contributed by atoms with E-state index in [4.69, 9.17) is 20.8 Å². The van der Waals surface area contributed by atoms with E-state index in [9.17, 15) is 13.6 Å². The molecule has 2 N–H and O–H groups in total. The van der Waals surface area contributed by atoms with Crippen LogP contribution in [0, 0.1) is 0 Å². The fourth-order valence-electron chi connectivity index (χ4n) is 3.72. The minimum absolute atomic E-state index is 0.192. The topological polar surface area (TPSA) is 81.6 Å². The summed E-state index contributed by atoms with van der Waals surface area (Å²) in [6, 6.07) is 9.62. The van der Waals surface area contributed by atoms with Crippen LogP contribution in [0.4, 0.5) is 8.78 Å². The van der Waals surface area contributed by atoms with Gasteiger partial charge >= 0.3 is 5.92 Å². The van der Waals surface area contributed by atoms with Gasteiger partial charge in [0.05, 0.1) is 6.10 Å². The van der Waals surface area contributed by atoms with Gasteiger partial charge in [0, 0.05) is 22.7 Å². The summed E-state index contributed by atoms with van der Waals surface area (Å²) < 4.78 is 36.9. The Morgan fingerprint density at radius 3 is 2.65 bits per heavy atom. The van der Waals surface area contributed by atoms with Crippen molar-refractivity contribution in [2.75, 3.05) is 19.6 Å². The number of rotatable bonds is 8. The Morgan fingerprint density at radius 2 is 1.97 bits per heavy atom. The van der Waals surface area contributed by atoms with Crippen LogP contribution in [-0.4, -0.2) is 41.5 Å². The summed E-state index contributed by atoms with van der Waals surface area (Å²) in [5.74, 6) is -5.59. The highest BCUT2D eigenvalue weighted by atomic mass is 35.5. The monoisotopic (exact) mass is 493 g/mol. The molecular formula is C25H30ClF2N3O3. The molecule has 1 fully saturated rings. The molecule has 6 nitrogen and oxygen atoms in total.